The van der Waals surface area contributed by atoms with Crippen molar-refractivity contribution in [3.05, 3.63) is 0 Å². The highest BCUT2D eigenvalue weighted by atomic mass is 16.2. The first-order chi connectivity index (χ1) is 4.93. The molecule has 0 saturated carbocycles. The van der Waals surface area contributed by atoms with Crippen LogP contribution in [0.25, 0.3) is 0 Å². The van der Waals surface area contributed by atoms with Crippen LogP contribution in [0.3, 0.4) is 0 Å². The Kier molecular flexibility index (Phi) is 1.92. The number of rotatable bonds is 0. The van der Waals surface area contributed by atoms with Gasteiger partial charge in [0, 0.05) is 12.1 Å². The van der Waals surface area contributed by atoms with Gasteiger partial charge in [-0.25, -0.2) is 0 Å². The zero-order valence-electron chi connectivity index (χ0n) is 7.42. The van der Waals surface area contributed by atoms with Crippen LogP contribution in [0.1, 0.15) is 27.2 Å². The predicted octanol–water partition coefficient (Wildman–Crippen LogP) is 0.345. The third-order valence-corrected chi connectivity index (χ3v) is 2.06. The van der Waals surface area contributed by atoms with E-state index in [-0.39, 0.29) is 17.5 Å². The highest BCUT2D eigenvalue weighted by Crippen LogP contribution is 2.20. The molecule has 0 aromatic carbocycles. The van der Waals surface area contributed by atoms with Gasteiger partial charge in [0.2, 0.25) is 5.91 Å². The fourth-order valence-electron chi connectivity index (χ4n) is 1.37. The van der Waals surface area contributed by atoms with Crippen molar-refractivity contribution in [2.45, 2.75) is 38.8 Å². The van der Waals surface area contributed by atoms with Gasteiger partial charge < -0.3 is 10.6 Å². The van der Waals surface area contributed by atoms with E-state index in [1.54, 1.807) is 0 Å². The Bertz CT molecular complexity index is 171. The summed E-state index contributed by atoms with van der Waals surface area (Å²) in [5.41, 5.74) is 5.51. The largest absolute Gasteiger partial charge is 0.336 e. The van der Waals surface area contributed by atoms with Crippen LogP contribution < -0.4 is 5.73 Å². The van der Waals surface area contributed by atoms with Crippen LogP contribution >= 0.6 is 0 Å². The van der Waals surface area contributed by atoms with Crippen LogP contribution in [0.5, 0.6) is 0 Å². The van der Waals surface area contributed by atoms with Gasteiger partial charge in [0.15, 0.2) is 0 Å². The zero-order valence-corrected chi connectivity index (χ0v) is 7.42. The van der Waals surface area contributed by atoms with Crippen molar-refractivity contribution in [1.82, 2.24) is 4.90 Å². The van der Waals surface area contributed by atoms with E-state index < -0.39 is 0 Å². The van der Waals surface area contributed by atoms with E-state index in [0.29, 0.717) is 0 Å². The van der Waals surface area contributed by atoms with Gasteiger partial charge in [-0.3, -0.25) is 4.79 Å². The predicted molar refractivity (Wildman–Crippen MR) is 44.1 cm³/mol. The molecule has 3 nitrogen and oxygen atoms in total. The molecule has 0 spiro atoms. The topological polar surface area (TPSA) is 46.3 Å². The van der Waals surface area contributed by atoms with Gasteiger partial charge >= 0.3 is 0 Å². The molecular weight excluding hydrogens is 140 g/mol. The molecule has 64 valence electrons. The standard InChI is InChI=1S/C8H16N2O/c1-8(2,3)10-5-4-6(9)7(10)11/h6H,4-5,9H2,1-3H3. The van der Waals surface area contributed by atoms with Crippen LogP contribution in [0.2, 0.25) is 0 Å². The second-order valence-corrected chi connectivity index (χ2v) is 4.06. The molecular formula is C8H16N2O. The van der Waals surface area contributed by atoms with Gasteiger partial charge in [0.25, 0.3) is 0 Å². The zero-order chi connectivity index (χ0) is 8.65. The highest BCUT2D eigenvalue weighted by molar-refractivity contribution is 5.84. The number of hydrogen-bond acceptors (Lipinski definition) is 2. The van der Waals surface area contributed by atoms with Crippen molar-refractivity contribution in [2.24, 2.45) is 5.73 Å². The Hall–Kier alpha value is -0.570. The summed E-state index contributed by atoms with van der Waals surface area (Å²) in [5, 5.41) is 0. The van der Waals surface area contributed by atoms with Crippen molar-refractivity contribution in [1.29, 1.82) is 0 Å². The van der Waals surface area contributed by atoms with E-state index in [4.69, 9.17) is 5.73 Å². The molecule has 1 unspecified atom stereocenters. The normalized spacial score (nSPS) is 26.4. The molecule has 2 N–H and O–H groups in total. The van der Waals surface area contributed by atoms with E-state index in [1.165, 1.54) is 0 Å². The first kappa shape index (κ1) is 8.53. The van der Waals surface area contributed by atoms with Crippen LogP contribution in [-0.4, -0.2) is 28.9 Å². The lowest BCUT2D eigenvalue weighted by Crippen LogP contribution is -2.45. The van der Waals surface area contributed by atoms with Gasteiger partial charge in [-0.1, -0.05) is 0 Å². The summed E-state index contributed by atoms with van der Waals surface area (Å²) in [6, 6.07) is -0.255. The molecule has 11 heavy (non-hydrogen) atoms. The number of likely N-dealkylation sites (tertiary alicyclic amines) is 1. The van der Waals surface area contributed by atoms with Crippen LogP contribution in [0, 0.1) is 0 Å². The van der Waals surface area contributed by atoms with E-state index in [9.17, 15) is 4.79 Å². The summed E-state index contributed by atoms with van der Waals surface area (Å²) < 4.78 is 0. The van der Waals surface area contributed by atoms with Crippen molar-refractivity contribution in [2.75, 3.05) is 6.54 Å². The summed E-state index contributed by atoms with van der Waals surface area (Å²) in [7, 11) is 0. The molecule has 0 bridgehead atoms. The molecule has 1 aliphatic rings. The lowest BCUT2D eigenvalue weighted by Gasteiger charge is -2.31. The number of carbonyl (C=O) groups excluding carboxylic acids is 1. The lowest BCUT2D eigenvalue weighted by atomic mass is 10.1. The fourth-order valence-corrected chi connectivity index (χ4v) is 1.37. The quantitative estimate of drug-likeness (QED) is 0.550. The van der Waals surface area contributed by atoms with Gasteiger partial charge in [-0.2, -0.15) is 0 Å². The van der Waals surface area contributed by atoms with Gasteiger partial charge in [-0.05, 0) is 27.2 Å². The molecule has 1 saturated heterocycles. The van der Waals surface area contributed by atoms with E-state index in [0.717, 1.165) is 13.0 Å². The molecule has 0 aromatic rings. The maximum atomic E-state index is 11.4. The fraction of sp³-hybridized carbons (Fsp3) is 0.875. The highest BCUT2D eigenvalue weighted by Gasteiger charge is 2.35. The lowest BCUT2D eigenvalue weighted by molar-refractivity contribution is -0.132. The average Bonchev–Trinajstić information content (AvgIpc) is 2.11. The molecule has 0 radical (unpaired) electrons. The molecule has 1 aliphatic heterocycles. The van der Waals surface area contributed by atoms with Crippen LogP contribution in [0.15, 0.2) is 0 Å². The van der Waals surface area contributed by atoms with E-state index >= 15 is 0 Å². The smallest absolute Gasteiger partial charge is 0.239 e. The first-order valence-corrected chi connectivity index (χ1v) is 4.00. The molecule has 1 fully saturated rings. The second kappa shape index (κ2) is 2.48. The molecule has 1 heterocycles. The van der Waals surface area contributed by atoms with Crippen molar-refractivity contribution in [3.63, 3.8) is 0 Å². The summed E-state index contributed by atoms with van der Waals surface area (Å²) in [6.07, 6.45) is 0.802. The maximum absolute atomic E-state index is 11.4. The van der Waals surface area contributed by atoms with Gasteiger partial charge in [0.1, 0.15) is 0 Å². The summed E-state index contributed by atoms with van der Waals surface area (Å²) in [6.45, 7) is 6.90. The minimum atomic E-state index is -0.255. The molecule has 0 aromatic heterocycles. The molecule has 1 atom stereocenters. The maximum Gasteiger partial charge on any atom is 0.239 e. The molecule has 3 heteroatoms. The number of nitrogens with zero attached hydrogens (tertiary/aromatic N) is 1. The summed E-state index contributed by atoms with van der Waals surface area (Å²) >= 11 is 0. The minimum Gasteiger partial charge on any atom is -0.336 e. The van der Waals surface area contributed by atoms with Gasteiger partial charge in [0.05, 0.1) is 6.04 Å². The van der Waals surface area contributed by atoms with E-state index in [1.807, 2.05) is 25.7 Å². The Balaban J connectivity index is 2.70. The Morgan fingerprint density at radius 3 is 2.27 bits per heavy atom. The third-order valence-electron chi connectivity index (χ3n) is 2.06. The van der Waals surface area contributed by atoms with Crippen LogP contribution in [0.4, 0.5) is 0 Å². The minimum absolute atomic E-state index is 0.0643. The van der Waals surface area contributed by atoms with Crippen LogP contribution in [-0.2, 0) is 4.79 Å². The molecule has 0 aliphatic carbocycles. The molecule has 1 amide bonds. The average molecular weight is 156 g/mol. The Morgan fingerprint density at radius 2 is 2.09 bits per heavy atom. The number of hydrogen-bond donors (Lipinski definition) is 1. The SMILES string of the molecule is CC(C)(C)N1CCC(N)C1=O. The Morgan fingerprint density at radius 1 is 1.55 bits per heavy atom. The summed E-state index contributed by atoms with van der Waals surface area (Å²) in [5.74, 6) is 0.0949. The summed E-state index contributed by atoms with van der Waals surface area (Å²) in [4.78, 5) is 13.2. The number of carbonyl (C=O) groups is 1. The van der Waals surface area contributed by atoms with Crippen molar-refractivity contribution in [3.8, 4) is 0 Å². The monoisotopic (exact) mass is 156 g/mol. The van der Waals surface area contributed by atoms with Gasteiger partial charge in [-0.15, -0.1) is 0 Å². The molecule has 1 rings (SSSR count). The number of amides is 1. The van der Waals surface area contributed by atoms with E-state index in [2.05, 4.69) is 0 Å². The second-order valence-electron chi connectivity index (χ2n) is 4.06. The third kappa shape index (κ3) is 1.53. The first-order valence-electron chi connectivity index (χ1n) is 4.00. The Labute approximate surface area is 67.5 Å². The van der Waals surface area contributed by atoms with Crippen molar-refractivity contribution < 1.29 is 4.79 Å². The number of nitrogens with two attached hydrogens (primary N) is 1. The van der Waals surface area contributed by atoms with Crippen molar-refractivity contribution >= 4 is 5.91 Å².